The van der Waals surface area contributed by atoms with Crippen molar-refractivity contribution in [2.24, 2.45) is 0 Å². The molecule has 0 atom stereocenters. The highest BCUT2D eigenvalue weighted by Gasteiger charge is 2.19. The molecular weight excluding hydrogens is 381 g/mol. The molecule has 0 radical (unpaired) electrons. The van der Waals surface area contributed by atoms with Gasteiger partial charge in [-0.2, -0.15) is 4.98 Å². The fourth-order valence-electron chi connectivity index (χ4n) is 2.34. The van der Waals surface area contributed by atoms with Gasteiger partial charge in [0.1, 0.15) is 5.82 Å². The molecule has 0 unspecified atom stereocenters. The van der Waals surface area contributed by atoms with E-state index in [1.807, 2.05) is 31.2 Å². The number of sulfonamides is 1. The third-order valence-corrected chi connectivity index (χ3v) is 5.30. The van der Waals surface area contributed by atoms with Crippen LogP contribution in [0.4, 0.5) is 4.39 Å². The van der Waals surface area contributed by atoms with Crippen LogP contribution < -0.4 is 4.72 Å². The van der Waals surface area contributed by atoms with E-state index in [9.17, 15) is 12.8 Å². The lowest BCUT2D eigenvalue weighted by Gasteiger charge is -2.07. The summed E-state index contributed by atoms with van der Waals surface area (Å²) >= 11 is 5.87. The summed E-state index contributed by atoms with van der Waals surface area (Å²) in [5, 5.41) is 3.91. The van der Waals surface area contributed by atoms with Gasteiger partial charge >= 0.3 is 0 Å². The number of aryl methyl sites for hydroxylation is 1. The first kappa shape index (κ1) is 18.5. The summed E-state index contributed by atoms with van der Waals surface area (Å²) in [7, 11) is -3.84. The first-order valence-electron chi connectivity index (χ1n) is 7.64. The highest BCUT2D eigenvalue weighted by Crippen LogP contribution is 2.22. The number of nitrogens with zero attached hydrogens (tertiary/aromatic N) is 2. The van der Waals surface area contributed by atoms with Crippen molar-refractivity contribution in [3.63, 3.8) is 0 Å². The normalized spacial score (nSPS) is 11.7. The molecule has 1 heterocycles. The van der Waals surface area contributed by atoms with Gasteiger partial charge in [-0.3, -0.25) is 0 Å². The number of hydrogen-bond acceptors (Lipinski definition) is 5. The monoisotopic (exact) mass is 395 g/mol. The Morgan fingerprint density at radius 3 is 2.69 bits per heavy atom. The minimum absolute atomic E-state index is 0.0509. The van der Waals surface area contributed by atoms with Gasteiger partial charge in [0.05, 0.1) is 12.3 Å². The van der Waals surface area contributed by atoms with Crippen molar-refractivity contribution < 1.29 is 17.3 Å². The average molecular weight is 396 g/mol. The highest BCUT2D eigenvalue weighted by atomic mass is 35.5. The molecule has 0 aliphatic heterocycles. The number of aromatic nitrogens is 2. The van der Waals surface area contributed by atoms with E-state index >= 15 is 0 Å². The molecule has 9 heteroatoms. The van der Waals surface area contributed by atoms with Crippen molar-refractivity contribution in [3.05, 3.63) is 70.3 Å². The Labute approximate surface area is 155 Å². The van der Waals surface area contributed by atoms with E-state index in [1.54, 1.807) is 0 Å². The number of rotatable bonds is 6. The Kier molecular flexibility index (Phi) is 5.36. The standard InChI is InChI=1S/C17H15ClFN3O3S/c1-11-5-2-3-6-12(11)17-21-16(25-22-17)9-20-26(23,24)10-13-14(18)7-4-8-15(13)19/h2-8,20H,9-10H2,1H3. The molecule has 0 spiro atoms. The number of nitrogens with one attached hydrogen (secondary N) is 1. The molecule has 1 N–H and O–H groups in total. The first-order valence-corrected chi connectivity index (χ1v) is 9.67. The van der Waals surface area contributed by atoms with Crippen LogP contribution in [-0.2, 0) is 22.3 Å². The van der Waals surface area contributed by atoms with E-state index in [0.29, 0.717) is 5.82 Å². The van der Waals surface area contributed by atoms with Gasteiger partial charge in [-0.25, -0.2) is 17.5 Å². The highest BCUT2D eigenvalue weighted by molar-refractivity contribution is 7.88. The van der Waals surface area contributed by atoms with E-state index in [1.165, 1.54) is 12.1 Å². The third kappa shape index (κ3) is 4.27. The zero-order chi connectivity index (χ0) is 18.7. The van der Waals surface area contributed by atoms with Gasteiger partial charge in [-0.15, -0.1) is 0 Å². The maximum Gasteiger partial charge on any atom is 0.242 e. The van der Waals surface area contributed by atoms with Crippen molar-refractivity contribution in [1.29, 1.82) is 0 Å². The molecular formula is C17H15ClFN3O3S. The lowest BCUT2D eigenvalue weighted by molar-refractivity contribution is 0.376. The van der Waals surface area contributed by atoms with Crippen LogP contribution in [-0.4, -0.2) is 18.6 Å². The molecule has 0 aliphatic rings. The molecule has 0 saturated heterocycles. The second-order valence-corrected chi connectivity index (χ2v) is 7.82. The van der Waals surface area contributed by atoms with E-state index in [0.717, 1.165) is 17.2 Å². The third-order valence-electron chi connectivity index (χ3n) is 3.69. The van der Waals surface area contributed by atoms with Crippen molar-refractivity contribution in [3.8, 4) is 11.4 Å². The predicted molar refractivity (Wildman–Crippen MR) is 95.3 cm³/mol. The van der Waals surface area contributed by atoms with Crippen LogP contribution >= 0.6 is 11.6 Å². The van der Waals surface area contributed by atoms with Crippen molar-refractivity contribution in [1.82, 2.24) is 14.9 Å². The smallest absolute Gasteiger partial charge is 0.242 e. The van der Waals surface area contributed by atoms with Gasteiger partial charge in [0.25, 0.3) is 0 Å². The molecule has 3 aromatic rings. The Hall–Kier alpha value is -2.29. The van der Waals surface area contributed by atoms with E-state index in [4.69, 9.17) is 16.1 Å². The second kappa shape index (κ2) is 7.53. The van der Waals surface area contributed by atoms with Gasteiger partial charge in [0.2, 0.25) is 21.7 Å². The zero-order valence-electron chi connectivity index (χ0n) is 13.7. The van der Waals surface area contributed by atoms with Crippen LogP contribution in [0.5, 0.6) is 0 Å². The van der Waals surface area contributed by atoms with Gasteiger partial charge in [-0.05, 0) is 24.6 Å². The summed E-state index contributed by atoms with van der Waals surface area (Å²) < 4.78 is 45.5. The SMILES string of the molecule is Cc1ccccc1-c1noc(CNS(=O)(=O)Cc2c(F)cccc2Cl)n1. The molecule has 0 amide bonds. The van der Waals surface area contributed by atoms with Crippen LogP contribution in [0.25, 0.3) is 11.4 Å². The molecule has 6 nitrogen and oxygen atoms in total. The van der Waals surface area contributed by atoms with E-state index in [-0.39, 0.29) is 23.0 Å². The zero-order valence-corrected chi connectivity index (χ0v) is 15.3. The quantitative estimate of drug-likeness (QED) is 0.690. The Balaban J connectivity index is 1.70. The minimum Gasteiger partial charge on any atom is -0.338 e. The fourth-order valence-corrected chi connectivity index (χ4v) is 3.77. The molecule has 0 bridgehead atoms. The fraction of sp³-hybridized carbons (Fsp3) is 0.176. The number of hydrogen-bond donors (Lipinski definition) is 1. The maximum atomic E-state index is 13.8. The van der Waals surface area contributed by atoms with Crippen LogP contribution in [0.2, 0.25) is 5.02 Å². The Morgan fingerprint density at radius 2 is 1.96 bits per heavy atom. The molecule has 0 saturated carbocycles. The van der Waals surface area contributed by atoms with Gasteiger partial charge in [0, 0.05) is 16.1 Å². The average Bonchev–Trinajstić information content (AvgIpc) is 3.06. The molecule has 26 heavy (non-hydrogen) atoms. The molecule has 1 aromatic heterocycles. The van der Waals surface area contributed by atoms with Crippen molar-refractivity contribution in [2.75, 3.05) is 0 Å². The molecule has 2 aromatic carbocycles. The predicted octanol–water partition coefficient (Wildman–Crippen LogP) is 3.46. The topological polar surface area (TPSA) is 85.1 Å². The molecule has 0 fully saturated rings. The van der Waals surface area contributed by atoms with Crippen LogP contribution in [0.1, 0.15) is 17.0 Å². The summed E-state index contributed by atoms with van der Waals surface area (Å²) in [6, 6.07) is 11.5. The Bertz CT molecular complexity index is 1020. The number of halogens is 2. The van der Waals surface area contributed by atoms with Gasteiger partial charge in [0.15, 0.2) is 0 Å². The Morgan fingerprint density at radius 1 is 1.19 bits per heavy atom. The molecule has 136 valence electrons. The molecule has 0 aliphatic carbocycles. The first-order chi connectivity index (χ1) is 12.4. The van der Waals surface area contributed by atoms with Crippen LogP contribution in [0, 0.1) is 12.7 Å². The van der Waals surface area contributed by atoms with Crippen molar-refractivity contribution >= 4 is 21.6 Å². The summed E-state index contributed by atoms with van der Waals surface area (Å²) in [5.74, 6) is -0.791. The van der Waals surface area contributed by atoms with Crippen LogP contribution in [0.3, 0.4) is 0 Å². The van der Waals surface area contributed by atoms with Crippen molar-refractivity contribution in [2.45, 2.75) is 19.2 Å². The van der Waals surface area contributed by atoms with Gasteiger partial charge < -0.3 is 4.52 Å². The minimum atomic E-state index is -3.84. The molecule has 3 rings (SSSR count). The lowest BCUT2D eigenvalue weighted by Crippen LogP contribution is -2.25. The summed E-state index contributed by atoms with van der Waals surface area (Å²) in [4.78, 5) is 4.18. The summed E-state index contributed by atoms with van der Waals surface area (Å²) in [6.07, 6.45) is 0. The largest absolute Gasteiger partial charge is 0.338 e. The number of benzene rings is 2. The summed E-state index contributed by atoms with van der Waals surface area (Å²) in [5.41, 5.74) is 1.67. The van der Waals surface area contributed by atoms with E-state index in [2.05, 4.69) is 14.9 Å². The maximum absolute atomic E-state index is 13.8. The second-order valence-electron chi connectivity index (χ2n) is 5.61. The lowest BCUT2D eigenvalue weighted by atomic mass is 10.1. The van der Waals surface area contributed by atoms with E-state index < -0.39 is 21.6 Å². The van der Waals surface area contributed by atoms with Crippen LogP contribution in [0.15, 0.2) is 47.0 Å². The summed E-state index contributed by atoms with van der Waals surface area (Å²) in [6.45, 7) is 1.71. The van der Waals surface area contributed by atoms with Gasteiger partial charge in [-0.1, -0.05) is 47.1 Å².